The number of carboxylic acids is 1. The van der Waals surface area contributed by atoms with Crippen LogP contribution in [0.5, 0.6) is 0 Å². The Morgan fingerprint density at radius 2 is 2.28 bits per heavy atom. The summed E-state index contributed by atoms with van der Waals surface area (Å²) in [6, 6.07) is 3.00. The topological polar surface area (TPSA) is 87.6 Å². The Balaban J connectivity index is 2.27. The van der Waals surface area contributed by atoms with Gasteiger partial charge in [0.1, 0.15) is 4.90 Å². The van der Waals surface area contributed by atoms with E-state index < -0.39 is 21.4 Å². The van der Waals surface area contributed by atoms with Gasteiger partial charge in [-0.05, 0) is 25.5 Å². The number of carbonyl (C=O) groups is 1. The molecule has 1 saturated heterocycles. The zero-order chi connectivity index (χ0) is 13.4. The van der Waals surface area contributed by atoms with Gasteiger partial charge in [-0.1, -0.05) is 0 Å². The van der Waals surface area contributed by atoms with E-state index in [0.717, 1.165) is 0 Å². The predicted molar refractivity (Wildman–Crippen MR) is 63.4 cm³/mol. The highest BCUT2D eigenvalue weighted by atomic mass is 32.2. The van der Waals surface area contributed by atoms with Gasteiger partial charge in [-0.2, -0.15) is 4.31 Å². The standard InChI is InChI=1S/C11H14N2O4S/c1-11(10(14)15)4-6-13(8-11)18(16,17)9-3-2-5-12-7-9/h2-3,5,7H,4,6,8H2,1H3,(H,14,15). The largest absolute Gasteiger partial charge is 0.481 e. The van der Waals surface area contributed by atoms with Crippen LogP contribution in [0.2, 0.25) is 0 Å². The first kappa shape index (κ1) is 13.0. The van der Waals surface area contributed by atoms with Crippen molar-refractivity contribution in [2.24, 2.45) is 5.41 Å². The Kier molecular flexibility index (Phi) is 3.12. The molecule has 0 spiro atoms. The fraction of sp³-hybridized carbons (Fsp3) is 0.455. The smallest absolute Gasteiger partial charge is 0.310 e. The Morgan fingerprint density at radius 1 is 1.56 bits per heavy atom. The SMILES string of the molecule is CC1(C(=O)O)CCN(S(=O)(=O)c2cccnc2)C1. The second-order valence-electron chi connectivity index (χ2n) is 4.64. The van der Waals surface area contributed by atoms with Gasteiger partial charge in [-0.3, -0.25) is 9.78 Å². The van der Waals surface area contributed by atoms with Gasteiger partial charge in [0.05, 0.1) is 5.41 Å². The minimum atomic E-state index is -3.64. The number of aliphatic carboxylic acids is 1. The first-order valence-corrected chi connectivity index (χ1v) is 6.94. The van der Waals surface area contributed by atoms with Gasteiger partial charge >= 0.3 is 5.97 Å². The average molecular weight is 270 g/mol. The molecule has 6 nitrogen and oxygen atoms in total. The fourth-order valence-electron chi connectivity index (χ4n) is 1.95. The first-order valence-electron chi connectivity index (χ1n) is 5.50. The van der Waals surface area contributed by atoms with E-state index in [4.69, 9.17) is 5.11 Å². The first-order chi connectivity index (χ1) is 8.36. The van der Waals surface area contributed by atoms with E-state index in [9.17, 15) is 13.2 Å². The second-order valence-corrected chi connectivity index (χ2v) is 6.58. The van der Waals surface area contributed by atoms with Crippen molar-refractivity contribution in [1.82, 2.24) is 9.29 Å². The number of aromatic nitrogens is 1. The van der Waals surface area contributed by atoms with Gasteiger partial charge in [0, 0.05) is 25.5 Å². The van der Waals surface area contributed by atoms with Crippen molar-refractivity contribution in [1.29, 1.82) is 0 Å². The quantitative estimate of drug-likeness (QED) is 0.867. The zero-order valence-electron chi connectivity index (χ0n) is 9.91. The van der Waals surface area contributed by atoms with Crippen LogP contribution >= 0.6 is 0 Å². The molecule has 1 aromatic heterocycles. The zero-order valence-corrected chi connectivity index (χ0v) is 10.7. The maximum absolute atomic E-state index is 12.2. The van der Waals surface area contributed by atoms with Crippen LogP contribution in [0.4, 0.5) is 0 Å². The molecule has 1 aliphatic rings. The van der Waals surface area contributed by atoms with Gasteiger partial charge in [-0.15, -0.1) is 0 Å². The molecule has 0 radical (unpaired) electrons. The summed E-state index contributed by atoms with van der Waals surface area (Å²) in [6.07, 6.45) is 3.08. The Hall–Kier alpha value is -1.47. The lowest BCUT2D eigenvalue weighted by molar-refractivity contribution is -0.146. The van der Waals surface area contributed by atoms with Crippen LogP contribution in [0.25, 0.3) is 0 Å². The summed E-state index contributed by atoms with van der Waals surface area (Å²) in [5.41, 5.74) is -1.00. The van der Waals surface area contributed by atoms with E-state index in [2.05, 4.69) is 4.98 Å². The lowest BCUT2D eigenvalue weighted by Crippen LogP contribution is -2.34. The normalized spacial score (nSPS) is 25.2. The summed E-state index contributed by atoms with van der Waals surface area (Å²) in [4.78, 5) is 15.0. The van der Waals surface area contributed by atoms with E-state index in [-0.39, 0.29) is 18.0 Å². The highest BCUT2D eigenvalue weighted by Crippen LogP contribution is 2.33. The Bertz CT molecular complexity index is 558. The number of sulfonamides is 1. The van der Waals surface area contributed by atoms with Crippen LogP contribution in [0, 0.1) is 5.41 Å². The minimum Gasteiger partial charge on any atom is -0.481 e. The minimum absolute atomic E-state index is 0.000436. The molecule has 1 fully saturated rings. The van der Waals surface area contributed by atoms with Gasteiger partial charge < -0.3 is 5.11 Å². The average Bonchev–Trinajstić information content (AvgIpc) is 2.75. The molecule has 98 valence electrons. The van der Waals surface area contributed by atoms with E-state index in [0.29, 0.717) is 6.42 Å². The molecule has 1 atom stereocenters. The van der Waals surface area contributed by atoms with Gasteiger partial charge in [0.15, 0.2) is 0 Å². The van der Waals surface area contributed by atoms with Crippen molar-refractivity contribution in [3.8, 4) is 0 Å². The number of rotatable bonds is 3. The molecule has 1 aromatic rings. The van der Waals surface area contributed by atoms with Crippen molar-refractivity contribution in [3.63, 3.8) is 0 Å². The van der Waals surface area contributed by atoms with Crippen molar-refractivity contribution in [3.05, 3.63) is 24.5 Å². The summed E-state index contributed by atoms with van der Waals surface area (Å²) in [5.74, 6) is -0.966. The number of pyridine rings is 1. The molecule has 0 aliphatic carbocycles. The molecule has 7 heteroatoms. The number of nitrogens with zero attached hydrogens (tertiary/aromatic N) is 2. The molecular formula is C11H14N2O4S. The lowest BCUT2D eigenvalue weighted by atomic mass is 9.90. The maximum Gasteiger partial charge on any atom is 0.310 e. The summed E-state index contributed by atoms with van der Waals surface area (Å²) >= 11 is 0. The third-order valence-electron chi connectivity index (χ3n) is 3.23. The third kappa shape index (κ3) is 2.11. The third-order valence-corrected chi connectivity index (χ3v) is 5.06. The van der Waals surface area contributed by atoms with Crippen LogP contribution in [0.1, 0.15) is 13.3 Å². The Labute approximate surface area is 105 Å². The van der Waals surface area contributed by atoms with Gasteiger partial charge in [0.25, 0.3) is 0 Å². The lowest BCUT2D eigenvalue weighted by Gasteiger charge is -2.19. The maximum atomic E-state index is 12.2. The predicted octanol–water partition coefficient (Wildman–Crippen LogP) is 0.567. The summed E-state index contributed by atoms with van der Waals surface area (Å²) in [5, 5.41) is 9.09. The molecule has 1 unspecified atom stereocenters. The van der Waals surface area contributed by atoms with E-state index in [1.54, 1.807) is 13.0 Å². The summed E-state index contributed by atoms with van der Waals surface area (Å²) in [6.45, 7) is 1.79. The molecular weight excluding hydrogens is 256 g/mol. The number of hydrogen-bond acceptors (Lipinski definition) is 4. The highest BCUT2D eigenvalue weighted by Gasteiger charge is 2.44. The molecule has 0 saturated carbocycles. The fourth-order valence-corrected chi connectivity index (χ4v) is 3.48. The molecule has 0 aromatic carbocycles. The number of hydrogen-bond donors (Lipinski definition) is 1. The van der Waals surface area contributed by atoms with Gasteiger partial charge in [0.2, 0.25) is 10.0 Å². The summed E-state index contributed by atoms with van der Waals surface area (Å²) < 4.78 is 25.7. The molecule has 0 amide bonds. The van der Waals surface area contributed by atoms with Crippen LogP contribution in [-0.2, 0) is 14.8 Å². The summed E-state index contributed by atoms with van der Waals surface area (Å²) in [7, 11) is -3.64. The number of carboxylic acid groups (broad SMARTS) is 1. The van der Waals surface area contributed by atoms with Crippen molar-refractivity contribution in [2.75, 3.05) is 13.1 Å². The van der Waals surface area contributed by atoms with E-state index in [1.807, 2.05) is 0 Å². The molecule has 18 heavy (non-hydrogen) atoms. The highest BCUT2D eigenvalue weighted by molar-refractivity contribution is 7.89. The van der Waals surface area contributed by atoms with Gasteiger partial charge in [-0.25, -0.2) is 8.42 Å². The molecule has 1 N–H and O–H groups in total. The van der Waals surface area contributed by atoms with Crippen molar-refractivity contribution >= 4 is 16.0 Å². The molecule has 0 bridgehead atoms. The van der Waals surface area contributed by atoms with E-state index >= 15 is 0 Å². The van der Waals surface area contributed by atoms with Crippen molar-refractivity contribution in [2.45, 2.75) is 18.2 Å². The van der Waals surface area contributed by atoms with Crippen LogP contribution in [0.3, 0.4) is 0 Å². The van der Waals surface area contributed by atoms with Crippen LogP contribution < -0.4 is 0 Å². The van der Waals surface area contributed by atoms with E-state index in [1.165, 1.54) is 22.8 Å². The van der Waals surface area contributed by atoms with Crippen LogP contribution in [0.15, 0.2) is 29.4 Å². The Morgan fingerprint density at radius 3 is 2.78 bits per heavy atom. The van der Waals surface area contributed by atoms with Crippen molar-refractivity contribution < 1.29 is 18.3 Å². The second kappa shape index (κ2) is 4.33. The molecule has 2 rings (SSSR count). The molecule has 2 heterocycles. The monoisotopic (exact) mass is 270 g/mol. The van der Waals surface area contributed by atoms with Crippen LogP contribution in [-0.4, -0.2) is 41.9 Å². The molecule has 1 aliphatic heterocycles.